The highest BCUT2D eigenvalue weighted by molar-refractivity contribution is 5.97. The summed E-state index contributed by atoms with van der Waals surface area (Å²) in [7, 11) is 0. The minimum absolute atomic E-state index is 0.224. The van der Waals surface area contributed by atoms with Gasteiger partial charge in [-0.3, -0.25) is 9.59 Å². The number of carbonyl (C=O) groups excluding carboxylic acids is 4. The van der Waals surface area contributed by atoms with Crippen molar-refractivity contribution in [3.8, 4) is 0 Å². The van der Waals surface area contributed by atoms with E-state index in [1.807, 2.05) is 13.8 Å². The molecule has 2 heterocycles. The first-order chi connectivity index (χ1) is 16.7. The summed E-state index contributed by atoms with van der Waals surface area (Å²) in [5.74, 6) is -3.30. The molecule has 1 aliphatic carbocycles. The Balaban J connectivity index is 2.01. The average Bonchev–Trinajstić information content (AvgIpc) is 3.68. The van der Waals surface area contributed by atoms with E-state index in [4.69, 9.17) is 23.7 Å². The molecule has 198 valence electrons. The third-order valence-electron chi connectivity index (χ3n) is 7.31. The molecule has 7 unspecified atom stereocenters. The predicted octanol–water partition coefficient (Wildman–Crippen LogP) is 3.15. The number of fused-ring (bicyclic) bond motifs is 1. The van der Waals surface area contributed by atoms with E-state index in [0.29, 0.717) is 11.1 Å². The largest absolute Gasteiger partial charge is 0.455 e. The molecule has 2 aliphatic heterocycles. The van der Waals surface area contributed by atoms with Gasteiger partial charge in [-0.2, -0.15) is 0 Å². The van der Waals surface area contributed by atoms with Crippen LogP contribution < -0.4 is 0 Å². The average molecular weight is 505 g/mol. The lowest BCUT2D eigenvalue weighted by Gasteiger charge is -2.38. The van der Waals surface area contributed by atoms with Crippen LogP contribution in [0.3, 0.4) is 0 Å². The summed E-state index contributed by atoms with van der Waals surface area (Å²) in [6, 6.07) is 0. The Bertz CT molecular complexity index is 1040. The van der Waals surface area contributed by atoms with Gasteiger partial charge in [-0.1, -0.05) is 18.7 Å². The van der Waals surface area contributed by atoms with Crippen molar-refractivity contribution in [2.75, 3.05) is 0 Å². The molecule has 0 spiro atoms. The lowest BCUT2D eigenvalue weighted by molar-refractivity contribution is -0.168. The van der Waals surface area contributed by atoms with Gasteiger partial charge in [0.2, 0.25) is 5.78 Å². The highest BCUT2D eigenvalue weighted by Gasteiger charge is 2.72. The SMILES string of the molecule is C=C(C(CC1OC1(C)C)OC(=O)C(C)=CC)C1C(OC(C)=O)C(=O)C2(C)OC2C1OC(=O)C(C)=CC. The van der Waals surface area contributed by atoms with Crippen LogP contribution in [0.2, 0.25) is 0 Å². The quantitative estimate of drug-likeness (QED) is 0.153. The first-order valence-corrected chi connectivity index (χ1v) is 12.1. The number of allylic oxidation sites excluding steroid dienone is 2. The van der Waals surface area contributed by atoms with Crippen LogP contribution in [0, 0.1) is 5.92 Å². The van der Waals surface area contributed by atoms with Crippen molar-refractivity contribution in [1.82, 2.24) is 0 Å². The highest BCUT2D eigenvalue weighted by atomic mass is 16.7. The van der Waals surface area contributed by atoms with E-state index in [0.717, 1.165) is 0 Å². The number of Topliss-reactive ketones (excluding diaryl/α,β-unsaturated/α-hetero) is 1. The maximum atomic E-state index is 13.4. The second-order valence-electron chi connectivity index (χ2n) is 10.3. The summed E-state index contributed by atoms with van der Waals surface area (Å²) >= 11 is 0. The first kappa shape index (κ1) is 27.8. The van der Waals surface area contributed by atoms with Gasteiger partial charge in [-0.05, 0) is 54.0 Å². The summed E-state index contributed by atoms with van der Waals surface area (Å²) < 4.78 is 28.5. The van der Waals surface area contributed by atoms with Crippen molar-refractivity contribution in [3.05, 3.63) is 35.5 Å². The van der Waals surface area contributed by atoms with Crippen molar-refractivity contribution in [2.24, 2.45) is 5.92 Å². The number of hydrogen-bond donors (Lipinski definition) is 0. The number of ether oxygens (including phenoxy) is 5. The zero-order valence-electron chi connectivity index (χ0n) is 22.2. The molecular formula is C27H36O9. The second kappa shape index (κ2) is 9.94. The normalized spacial score (nSPS) is 33.7. The summed E-state index contributed by atoms with van der Waals surface area (Å²) in [5.41, 5.74) is -0.634. The standard InChI is InChI=1S/C27H36O9/c1-10-13(3)24(30)33-17(12-18-26(7,8)35-18)15(5)19-20(32-16(6)28)22(29)27(9)23(36-27)21(19)34-25(31)14(4)11-2/h10-11,17-21,23H,5,12H2,1-4,6-9H3. The molecule has 3 fully saturated rings. The maximum absolute atomic E-state index is 13.4. The van der Waals surface area contributed by atoms with Crippen LogP contribution >= 0.6 is 0 Å². The monoisotopic (exact) mass is 504 g/mol. The molecule has 9 nitrogen and oxygen atoms in total. The van der Waals surface area contributed by atoms with E-state index in [9.17, 15) is 19.2 Å². The van der Waals surface area contributed by atoms with Crippen molar-refractivity contribution >= 4 is 23.7 Å². The Labute approximate surface area is 211 Å². The van der Waals surface area contributed by atoms with Gasteiger partial charge in [0.15, 0.2) is 11.7 Å². The van der Waals surface area contributed by atoms with Crippen LogP contribution in [0.25, 0.3) is 0 Å². The highest BCUT2D eigenvalue weighted by Crippen LogP contribution is 2.52. The van der Waals surface area contributed by atoms with Crippen LogP contribution in [0.15, 0.2) is 35.5 Å². The Morgan fingerprint density at radius 2 is 1.56 bits per heavy atom. The topological polar surface area (TPSA) is 121 Å². The van der Waals surface area contributed by atoms with Gasteiger partial charge in [0.05, 0.1) is 17.6 Å². The minimum Gasteiger partial charge on any atom is -0.455 e. The summed E-state index contributed by atoms with van der Waals surface area (Å²) in [4.78, 5) is 50.9. The fourth-order valence-electron chi connectivity index (χ4n) is 4.48. The molecule has 0 aromatic heterocycles. The number of carbonyl (C=O) groups is 4. The molecule has 0 amide bonds. The van der Waals surface area contributed by atoms with Gasteiger partial charge in [-0.15, -0.1) is 0 Å². The third kappa shape index (κ3) is 5.32. The molecule has 7 atom stereocenters. The Hall–Kier alpha value is -2.78. The second-order valence-corrected chi connectivity index (χ2v) is 10.3. The van der Waals surface area contributed by atoms with Gasteiger partial charge in [0, 0.05) is 24.5 Å². The fourth-order valence-corrected chi connectivity index (χ4v) is 4.48. The fraction of sp³-hybridized carbons (Fsp3) is 0.630. The molecule has 0 bridgehead atoms. The van der Waals surface area contributed by atoms with Crippen LogP contribution in [0.1, 0.15) is 61.8 Å². The minimum atomic E-state index is -1.33. The molecular weight excluding hydrogens is 468 g/mol. The molecule has 2 saturated heterocycles. The van der Waals surface area contributed by atoms with Crippen LogP contribution in [0.4, 0.5) is 0 Å². The van der Waals surface area contributed by atoms with Crippen molar-refractivity contribution in [2.45, 2.75) is 104 Å². The summed E-state index contributed by atoms with van der Waals surface area (Å²) in [6.45, 7) is 17.4. The summed E-state index contributed by atoms with van der Waals surface area (Å²) in [5, 5.41) is 0. The third-order valence-corrected chi connectivity index (χ3v) is 7.31. The molecule has 0 N–H and O–H groups in total. The Kier molecular flexibility index (Phi) is 7.67. The van der Waals surface area contributed by atoms with Gasteiger partial charge < -0.3 is 23.7 Å². The molecule has 3 aliphatic rings. The molecule has 9 heteroatoms. The molecule has 36 heavy (non-hydrogen) atoms. The van der Waals surface area contributed by atoms with E-state index in [2.05, 4.69) is 6.58 Å². The zero-order valence-corrected chi connectivity index (χ0v) is 22.2. The molecule has 0 aromatic carbocycles. The van der Waals surface area contributed by atoms with Crippen LogP contribution in [-0.4, -0.2) is 65.4 Å². The number of rotatable bonds is 9. The van der Waals surface area contributed by atoms with Crippen LogP contribution in [0.5, 0.6) is 0 Å². The van der Waals surface area contributed by atoms with E-state index in [1.54, 1.807) is 46.8 Å². The van der Waals surface area contributed by atoms with E-state index in [-0.39, 0.29) is 18.1 Å². The predicted molar refractivity (Wildman–Crippen MR) is 129 cm³/mol. The van der Waals surface area contributed by atoms with E-state index >= 15 is 0 Å². The molecule has 1 saturated carbocycles. The number of ketones is 1. The van der Waals surface area contributed by atoms with Gasteiger partial charge >= 0.3 is 17.9 Å². The molecule has 0 radical (unpaired) electrons. The van der Waals surface area contributed by atoms with Gasteiger partial charge in [-0.25, -0.2) is 9.59 Å². The van der Waals surface area contributed by atoms with E-state index in [1.165, 1.54) is 6.92 Å². The lowest BCUT2D eigenvalue weighted by atomic mass is 9.72. The smallest absolute Gasteiger partial charge is 0.333 e. The van der Waals surface area contributed by atoms with Gasteiger partial charge in [0.1, 0.15) is 18.3 Å². The summed E-state index contributed by atoms with van der Waals surface area (Å²) in [6.07, 6.45) is -0.713. The Morgan fingerprint density at radius 3 is 2.06 bits per heavy atom. The van der Waals surface area contributed by atoms with Crippen molar-refractivity contribution in [3.63, 3.8) is 0 Å². The number of epoxide rings is 2. The molecule has 0 aromatic rings. The van der Waals surface area contributed by atoms with Crippen LogP contribution in [-0.2, 0) is 42.9 Å². The van der Waals surface area contributed by atoms with Gasteiger partial charge in [0.25, 0.3) is 0 Å². The van der Waals surface area contributed by atoms with E-state index < -0.39 is 65.2 Å². The molecule has 3 rings (SSSR count). The maximum Gasteiger partial charge on any atom is 0.333 e. The van der Waals surface area contributed by atoms with Crippen molar-refractivity contribution < 1.29 is 42.9 Å². The number of hydrogen-bond acceptors (Lipinski definition) is 9. The van der Waals surface area contributed by atoms with Crippen molar-refractivity contribution in [1.29, 1.82) is 0 Å². The zero-order chi connectivity index (χ0) is 27.2. The first-order valence-electron chi connectivity index (χ1n) is 12.1. The lowest BCUT2D eigenvalue weighted by Crippen LogP contribution is -2.56. The number of esters is 3. The Morgan fingerprint density at radius 1 is 1.00 bits per heavy atom.